The van der Waals surface area contributed by atoms with Gasteiger partial charge in [0.05, 0.1) is 23.4 Å². The molecule has 1 aromatic heterocycles. The molecule has 11 heteroatoms. The van der Waals surface area contributed by atoms with Gasteiger partial charge in [-0.1, -0.05) is 18.2 Å². The molecule has 0 radical (unpaired) electrons. The molecule has 0 aliphatic carbocycles. The summed E-state index contributed by atoms with van der Waals surface area (Å²) in [5.41, 5.74) is 9.29. The SMILES string of the molecule is COCCn1cc(C(=O)N2CCC(c3cc(CN)ccc3F)CC2)c2c(NC(=O)N(C)C)cccc21.Cl.F. The number of nitrogens with zero attached hydrogens (tertiary/aromatic N) is 3. The molecule has 0 bridgehead atoms. The maximum Gasteiger partial charge on any atom is 0.321 e. The average molecular weight is 552 g/mol. The van der Waals surface area contributed by atoms with E-state index in [9.17, 15) is 14.0 Å². The number of likely N-dealkylation sites (tertiary alicyclic amines) is 1. The van der Waals surface area contributed by atoms with Crippen LogP contribution in [0.3, 0.4) is 0 Å². The van der Waals surface area contributed by atoms with Crippen molar-refractivity contribution in [3.05, 3.63) is 65.1 Å². The lowest BCUT2D eigenvalue weighted by atomic mass is 9.88. The Labute approximate surface area is 227 Å². The smallest absolute Gasteiger partial charge is 0.321 e. The van der Waals surface area contributed by atoms with Crippen molar-refractivity contribution in [1.82, 2.24) is 14.4 Å². The van der Waals surface area contributed by atoms with Gasteiger partial charge >= 0.3 is 6.03 Å². The number of hydrogen-bond donors (Lipinski definition) is 2. The molecule has 3 aromatic rings. The second-order valence-corrected chi connectivity index (χ2v) is 9.38. The van der Waals surface area contributed by atoms with Crippen LogP contribution in [0.5, 0.6) is 0 Å². The third-order valence-electron chi connectivity index (χ3n) is 6.84. The summed E-state index contributed by atoms with van der Waals surface area (Å²) in [7, 11) is 4.97. The quantitative estimate of drug-likeness (QED) is 0.450. The van der Waals surface area contributed by atoms with Crippen LogP contribution in [0.2, 0.25) is 0 Å². The van der Waals surface area contributed by atoms with Gasteiger partial charge in [0.1, 0.15) is 5.82 Å². The number of urea groups is 1. The lowest BCUT2D eigenvalue weighted by Gasteiger charge is -2.32. The van der Waals surface area contributed by atoms with E-state index in [-0.39, 0.29) is 40.8 Å². The molecule has 1 aliphatic rings. The van der Waals surface area contributed by atoms with Gasteiger partial charge in [0.2, 0.25) is 0 Å². The third kappa shape index (κ3) is 6.43. The van der Waals surface area contributed by atoms with E-state index in [0.717, 1.165) is 11.1 Å². The van der Waals surface area contributed by atoms with Crippen molar-refractivity contribution in [2.24, 2.45) is 5.73 Å². The first-order valence-corrected chi connectivity index (χ1v) is 12.2. The number of rotatable bonds is 7. The van der Waals surface area contributed by atoms with E-state index in [1.807, 2.05) is 33.9 Å². The zero-order valence-electron chi connectivity index (χ0n) is 21.9. The molecule has 1 fully saturated rings. The molecule has 4 rings (SSSR count). The number of amides is 3. The van der Waals surface area contributed by atoms with E-state index in [1.165, 1.54) is 11.0 Å². The molecule has 0 spiro atoms. The van der Waals surface area contributed by atoms with Crippen LogP contribution in [0, 0.1) is 5.82 Å². The summed E-state index contributed by atoms with van der Waals surface area (Å²) < 4.78 is 21.8. The van der Waals surface area contributed by atoms with Crippen molar-refractivity contribution < 1.29 is 23.4 Å². The van der Waals surface area contributed by atoms with E-state index in [1.54, 1.807) is 33.3 Å². The van der Waals surface area contributed by atoms with Gasteiger partial charge in [-0.05, 0) is 48.1 Å². The zero-order valence-corrected chi connectivity index (χ0v) is 22.7. The van der Waals surface area contributed by atoms with E-state index in [4.69, 9.17) is 10.5 Å². The lowest BCUT2D eigenvalue weighted by Crippen LogP contribution is -2.38. The molecule has 2 heterocycles. The van der Waals surface area contributed by atoms with Gasteiger partial charge in [-0.2, -0.15) is 0 Å². The van der Waals surface area contributed by atoms with Crippen molar-refractivity contribution >= 4 is 40.9 Å². The Kier molecular flexibility index (Phi) is 11.1. The first-order chi connectivity index (χ1) is 17.3. The summed E-state index contributed by atoms with van der Waals surface area (Å²) in [5.74, 6) is -0.282. The van der Waals surface area contributed by atoms with Gasteiger partial charge in [0.25, 0.3) is 5.91 Å². The number of nitrogens with two attached hydrogens (primary N) is 1. The van der Waals surface area contributed by atoms with Crippen molar-refractivity contribution in [2.45, 2.75) is 31.8 Å². The minimum absolute atomic E-state index is 0. The maximum atomic E-state index is 14.5. The molecule has 3 amide bonds. The summed E-state index contributed by atoms with van der Waals surface area (Å²) in [5, 5.41) is 3.62. The number of nitrogens with one attached hydrogen (secondary N) is 1. The van der Waals surface area contributed by atoms with Gasteiger partial charge < -0.3 is 30.2 Å². The number of carbonyl (C=O) groups excluding carboxylic acids is 2. The predicted molar refractivity (Wildman–Crippen MR) is 148 cm³/mol. The van der Waals surface area contributed by atoms with Gasteiger partial charge in [-0.15, -0.1) is 12.4 Å². The monoisotopic (exact) mass is 551 g/mol. The topological polar surface area (TPSA) is 92.8 Å². The number of halogens is 3. The van der Waals surface area contributed by atoms with E-state index >= 15 is 0 Å². The Morgan fingerprint density at radius 2 is 1.89 bits per heavy atom. The molecule has 38 heavy (non-hydrogen) atoms. The number of benzene rings is 2. The zero-order chi connectivity index (χ0) is 25.8. The van der Waals surface area contributed by atoms with Gasteiger partial charge in [-0.3, -0.25) is 9.50 Å². The van der Waals surface area contributed by atoms with Gasteiger partial charge in [0, 0.05) is 59.0 Å². The lowest BCUT2D eigenvalue weighted by molar-refractivity contribution is 0.0714. The standard InChI is InChI=1S/C27H34FN5O3.ClH.FH/c1-31(2)27(35)30-23-5-4-6-24-25(23)21(17-33(24)13-14-36-3)26(34)32-11-9-19(10-12-32)20-15-18(16-29)7-8-22(20)28;;/h4-8,15,17,19H,9-14,16,29H2,1-3H3,(H,30,35);2*1H. The molecule has 3 N–H and O–H groups in total. The third-order valence-corrected chi connectivity index (χ3v) is 6.84. The van der Waals surface area contributed by atoms with E-state index < -0.39 is 0 Å². The molecular formula is C27H36ClF2N5O3. The average Bonchev–Trinajstić information content (AvgIpc) is 3.27. The largest absolute Gasteiger partial charge is 0.383 e. The number of anilines is 1. The summed E-state index contributed by atoms with van der Waals surface area (Å²) in [6.07, 6.45) is 3.18. The molecule has 0 unspecified atom stereocenters. The van der Waals surface area contributed by atoms with Crippen LogP contribution < -0.4 is 11.1 Å². The number of aromatic nitrogens is 1. The number of hydrogen-bond acceptors (Lipinski definition) is 4. The highest BCUT2D eigenvalue weighted by Crippen LogP contribution is 2.34. The fourth-order valence-electron chi connectivity index (χ4n) is 4.82. The number of carbonyl (C=O) groups is 2. The molecule has 0 atom stereocenters. The fourth-order valence-corrected chi connectivity index (χ4v) is 4.82. The van der Waals surface area contributed by atoms with E-state index in [2.05, 4.69) is 5.32 Å². The van der Waals surface area contributed by atoms with Gasteiger partial charge in [-0.25, -0.2) is 9.18 Å². The molecule has 1 saturated heterocycles. The molecule has 208 valence electrons. The van der Waals surface area contributed by atoms with Crippen molar-refractivity contribution in [3.63, 3.8) is 0 Å². The van der Waals surface area contributed by atoms with Crippen LogP contribution in [-0.2, 0) is 17.8 Å². The predicted octanol–water partition coefficient (Wildman–Crippen LogP) is 4.57. The minimum Gasteiger partial charge on any atom is -0.383 e. The Morgan fingerprint density at radius 3 is 2.53 bits per heavy atom. The summed E-state index contributed by atoms with van der Waals surface area (Å²) in [4.78, 5) is 29.4. The highest BCUT2D eigenvalue weighted by atomic mass is 35.5. The van der Waals surface area contributed by atoms with Gasteiger partial charge in [0.15, 0.2) is 0 Å². The molecule has 8 nitrogen and oxygen atoms in total. The first-order valence-electron chi connectivity index (χ1n) is 12.2. The summed E-state index contributed by atoms with van der Waals surface area (Å²) in [6, 6.07) is 10.4. The van der Waals surface area contributed by atoms with Crippen LogP contribution in [0.1, 0.15) is 40.2 Å². The minimum atomic E-state index is -0.270. The number of fused-ring (bicyclic) bond motifs is 1. The van der Waals surface area contributed by atoms with Crippen molar-refractivity contribution in [3.8, 4) is 0 Å². The van der Waals surface area contributed by atoms with Crippen LogP contribution in [0.4, 0.5) is 19.6 Å². The maximum absolute atomic E-state index is 14.5. The molecule has 2 aromatic carbocycles. The van der Waals surface area contributed by atoms with Crippen LogP contribution >= 0.6 is 12.4 Å². The Morgan fingerprint density at radius 1 is 1.18 bits per heavy atom. The Bertz CT molecular complexity index is 1260. The summed E-state index contributed by atoms with van der Waals surface area (Å²) >= 11 is 0. The Hall–Kier alpha value is -3.21. The molecule has 0 saturated carbocycles. The summed E-state index contributed by atoms with van der Waals surface area (Å²) in [6.45, 7) is 2.47. The van der Waals surface area contributed by atoms with Crippen LogP contribution in [0.15, 0.2) is 42.6 Å². The fraction of sp³-hybridized carbons (Fsp3) is 0.407. The van der Waals surface area contributed by atoms with Crippen LogP contribution in [0.25, 0.3) is 10.9 Å². The second-order valence-electron chi connectivity index (χ2n) is 9.38. The van der Waals surface area contributed by atoms with Crippen molar-refractivity contribution in [2.75, 3.05) is 46.2 Å². The van der Waals surface area contributed by atoms with Crippen molar-refractivity contribution in [1.29, 1.82) is 0 Å². The first kappa shape index (κ1) is 31.0. The van der Waals surface area contributed by atoms with Crippen LogP contribution in [-0.4, -0.2) is 67.2 Å². The molecule has 1 aliphatic heterocycles. The second kappa shape index (κ2) is 13.5. The normalized spacial score (nSPS) is 13.6. The van der Waals surface area contributed by atoms with E-state index in [0.29, 0.717) is 67.8 Å². The number of methoxy groups -OCH3 is 1. The highest BCUT2D eigenvalue weighted by Gasteiger charge is 2.29. The molecular weight excluding hydrogens is 516 g/mol. The highest BCUT2D eigenvalue weighted by molar-refractivity contribution is 6.13. The number of piperidine rings is 1. The number of ether oxygens (including phenoxy) is 1. The Balaban J connectivity index is 0.00000253.